The van der Waals surface area contributed by atoms with Gasteiger partial charge in [0.1, 0.15) is 17.1 Å². The quantitative estimate of drug-likeness (QED) is 0.296. The number of aromatic nitrogens is 2. The number of guanidine groups is 1. The fourth-order valence-electron chi connectivity index (χ4n) is 2.27. The van der Waals surface area contributed by atoms with Gasteiger partial charge in [-0.05, 0) is 32.9 Å². The summed E-state index contributed by atoms with van der Waals surface area (Å²) < 4.78 is 10.7. The molecular weight excluding hydrogens is 461 g/mol. The van der Waals surface area contributed by atoms with Crippen LogP contribution in [0.2, 0.25) is 0 Å². The molecule has 9 heteroatoms. The Balaban J connectivity index is 0.00000364. The smallest absolute Gasteiger partial charge is 0.228 e. The summed E-state index contributed by atoms with van der Waals surface area (Å²) in [6, 6.07) is 3.60. The molecule has 0 aromatic carbocycles. The fourth-order valence-corrected chi connectivity index (χ4v) is 2.27. The largest absolute Gasteiger partial charge is 0.463 e. The van der Waals surface area contributed by atoms with E-state index in [1.54, 1.807) is 13.0 Å². The predicted octanol–water partition coefficient (Wildman–Crippen LogP) is 2.72. The van der Waals surface area contributed by atoms with Crippen LogP contribution in [0.1, 0.15) is 56.8 Å². The number of hydrogen-bond acceptors (Lipinski definition) is 6. The normalized spacial score (nSPS) is 14.0. The third kappa shape index (κ3) is 7.13. The van der Waals surface area contributed by atoms with Gasteiger partial charge in [0.15, 0.2) is 11.8 Å². The van der Waals surface area contributed by atoms with E-state index in [1.165, 1.54) is 0 Å². The van der Waals surface area contributed by atoms with E-state index >= 15 is 0 Å². The highest BCUT2D eigenvalue weighted by Gasteiger charge is 2.26. The molecule has 1 unspecified atom stereocenters. The Morgan fingerprint density at radius 3 is 2.63 bits per heavy atom. The molecule has 8 nitrogen and oxygen atoms in total. The lowest BCUT2D eigenvalue weighted by Crippen LogP contribution is -2.39. The van der Waals surface area contributed by atoms with Gasteiger partial charge in [0.25, 0.3) is 0 Å². The molecule has 0 bridgehead atoms. The number of rotatable bonds is 8. The number of aliphatic hydroxyl groups is 1. The van der Waals surface area contributed by atoms with Gasteiger partial charge in [-0.1, -0.05) is 19.0 Å². The van der Waals surface area contributed by atoms with Gasteiger partial charge in [-0.2, -0.15) is 4.98 Å². The second-order valence-electron chi connectivity index (χ2n) is 6.76. The van der Waals surface area contributed by atoms with Gasteiger partial charge in [-0.15, -0.1) is 24.0 Å². The number of hydrogen-bond donors (Lipinski definition) is 3. The molecule has 1 atom stereocenters. The van der Waals surface area contributed by atoms with Crippen molar-refractivity contribution in [3.63, 3.8) is 0 Å². The van der Waals surface area contributed by atoms with Crippen molar-refractivity contribution in [2.45, 2.75) is 52.6 Å². The Morgan fingerprint density at radius 2 is 2.07 bits per heavy atom. The summed E-state index contributed by atoms with van der Waals surface area (Å²) in [5, 5.41) is 20.9. The first-order valence-electron chi connectivity index (χ1n) is 8.95. The second-order valence-corrected chi connectivity index (χ2v) is 6.76. The van der Waals surface area contributed by atoms with E-state index in [0.717, 1.165) is 5.76 Å². The van der Waals surface area contributed by atoms with Gasteiger partial charge >= 0.3 is 0 Å². The van der Waals surface area contributed by atoms with Crippen molar-refractivity contribution in [2.24, 2.45) is 4.99 Å². The summed E-state index contributed by atoms with van der Waals surface area (Å²) >= 11 is 0. The van der Waals surface area contributed by atoms with Crippen LogP contribution in [0.15, 0.2) is 26.1 Å². The number of nitrogens with zero attached hydrogens (tertiary/aromatic N) is 3. The molecule has 0 amide bonds. The Labute approximate surface area is 177 Å². The summed E-state index contributed by atoms with van der Waals surface area (Å²) in [5.74, 6) is 3.42. The Kier molecular flexibility index (Phi) is 9.23. The molecule has 0 aliphatic heterocycles. The summed E-state index contributed by atoms with van der Waals surface area (Å²) in [6.07, 6.45) is 0.595. The highest BCUT2D eigenvalue weighted by Crippen LogP contribution is 2.23. The van der Waals surface area contributed by atoms with Crippen LogP contribution in [0.4, 0.5) is 0 Å². The second kappa shape index (κ2) is 10.6. The van der Waals surface area contributed by atoms with Gasteiger partial charge in [-0.3, -0.25) is 0 Å². The van der Waals surface area contributed by atoms with E-state index in [9.17, 15) is 5.11 Å². The Bertz CT molecular complexity index is 724. The third-order valence-electron chi connectivity index (χ3n) is 3.79. The zero-order chi connectivity index (χ0) is 19.2. The molecule has 27 heavy (non-hydrogen) atoms. The topological polar surface area (TPSA) is 109 Å². The van der Waals surface area contributed by atoms with Gasteiger partial charge in [-0.25, -0.2) is 4.99 Å². The van der Waals surface area contributed by atoms with Crippen molar-refractivity contribution in [3.05, 3.63) is 35.4 Å². The summed E-state index contributed by atoms with van der Waals surface area (Å²) in [6.45, 7) is 11.0. The molecule has 2 rings (SSSR count). The maximum absolute atomic E-state index is 10.6. The minimum Gasteiger partial charge on any atom is -0.463 e. The highest BCUT2D eigenvalue weighted by atomic mass is 127. The van der Waals surface area contributed by atoms with E-state index in [1.807, 2.05) is 33.8 Å². The van der Waals surface area contributed by atoms with Crippen molar-refractivity contribution >= 4 is 29.9 Å². The van der Waals surface area contributed by atoms with Crippen LogP contribution in [-0.2, 0) is 12.0 Å². The molecule has 0 saturated heterocycles. The van der Waals surface area contributed by atoms with Gasteiger partial charge in [0, 0.05) is 25.4 Å². The molecule has 152 valence electrons. The number of furan rings is 1. The minimum atomic E-state index is -1.17. The van der Waals surface area contributed by atoms with Gasteiger partial charge in [0.05, 0.1) is 6.54 Å². The maximum atomic E-state index is 10.6. The third-order valence-corrected chi connectivity index (χ3v) is 3.79. The lowest BCUT2D eigenvalue weighted by molar-refractivity contribution is 0.0428. The summed E-state index contributed by atoms with van der Waals surface area (Å²) in [5.41, 5.74) is -1.17. The molecule has 0 fully saturated rings. The van der Waals surface area contributed by atoms with Crippen LogP contribution in [0.5, 0.6) is 0 Å². The predicted molar refractivity (Wildman–Crippen MR) is 115 cm³/mol. The highest BCUT2D eigenvalue weighted by molar-refractivity contribution is 14.0. The van der Waals surface area contributed by atoms with Crippen molar-refractivity contribution in [1.82, 2.24) is 20.8 Å². The average Bonchev–Trinajstić information content (AvgIpc) is 3.22. The number of aryl methyl sites for hydroxylation is 1. The standard InChI is InChI=1S/C18H29N5O3.HI/c1-6-19-17(20-10-9-15-22-16(12(2)3)23-26-15)21-11-18(5,24)14-8-7-13(4)25-14;/h7-8,12,24H,6,9-11H2,1-5H3,(H2,19,20,21);1H. The van der Waals surface area contributed by atoms with Gasteiger partial charge in [0.2, 0.25) is 5.89 Å². The van der Waals surface area contributed by atoms with E-state index in [4.69, 9.17) is 8.94 Å². The van der Waals surface area contributed by atoms with E-state index < -0.39 is 5.60 Å². The van der Waals surface area contributed by atoms with E-state index in [0.29, 0.717) is 42.9 Å². The molecule has 2 aromatic heterocycles. The zero-order valence-electron chi connectivity index (χ0n) is 16.6. The SMILES string of the molecule is CCNC(=NCC(C)(O)c1ccc(C)o1)NCCc1nc(C(C)C)no1.I. The van der Waals surface area contributed by atoms with Crippen LogP contribution in [0.25, 0.3) is 0 Å². The first-order chi connectivity index (χ1) is 12.3. The van der Waals surface area contributed by atoms with Crippen molar-refractivity contribution in [3.8, 4) is 0 Å². The van der Waals surface area contributed by atoms with Crippen LogP contribution in [0, 0.1) is 6.92 Å². The van der Waals surface area contributed by atoms with Crippen LogP contribution in [-0.4, -0.2) is 40.8 Å². The maximum Gasteiger partial charge on any atom is 0.228 e. The molecule has 0 spiro atoms. The van der Waals surface area contributed by atoms with Gasteiger partial charge < -0.3 is 24.7 Å². The summed E-state index contributed by atoms with van der Waals surface area (Å²) in [4.78, 5) is 8.80. The summed E-state index contributed by atoms with van der Waals surface area (Å²) in [7, 11) is 0. The monoisotopic (exact) mass is 491 g/mol. The zero-order valence-corrected chi connectivity index (χ0v) is 18.9. The van der Waals surface area contributed by atoms with Crippen LogP contribution >= 0.6 is 24.0 Å². The molecule has 2 heterocycles. The first kappa shape index (κ1) is 23.4. The molecule has 0 aliphatic carbocycles. The average molecular weight is 491 g/mol. The van der Waals surface area contributed by atoms with Crippen molar-refractivity contribution < 1.29 is 14.0 Å². The molecule has 0 radical (unpaired) electrons. The minimum absolute atomic E-state index is 0. The Morgan fingerprint density at radius 1 is 1.33 bits per heavy atom. The van der Waals surface area contributed by atoms with Crippen LogP contribution in [0.3, 0.4) is 0 Å². The molecule has 0 saturated carbocycles. The number of halogens is 1. The molecule has 0 aliphatic rings. The van der Waals surface area contributed by atoms with Crippen molar-refractivity contribution in [1.29, 1.82) is 0 Å². The van der Waals surface area contributed by atoms with E-state index in [2.05, 4.69) is 25.8 Å². The van der Waals surface area contributed by atoms with Crippen LogP contribution < -0.4 is 10.6 Å². The number of nitrogens with one attached hydrogen (secondary N) is 2. The number of aliphatic imine (C=N–C) groups is 1. The van der Waals surface area contributed by atoms with Crippen molar-refractivity contribution in [2.75, 3.05) is 19.6 Å². The first-order valence-corrected chi connectivity index (χ1v) is 8.95. The molecule has 3 N–H and O–H groups in total. The Hall–Kier alpha value is -1.62. The lowest BCUT2D eigenvalue weighted by atomic mass is 10.0. The lowest BCUT2D eigenvalue weighted by Gasteiger charge is -2.19. The molecular formula is C18H30IN5O3. The van der Waals surface area contributed by atoms with E-state index in [-0.39, 0.29) is 36.4 Å². The molecule has 2 aromatic rings. The fraction of sp³-hybridized carbons (Fsp3) is 0.611.